The molecule has 5 heteroatoms. The molecule has 2 heterocycles. The van der Waals surface area contributed by atoms with Gasteiger partial charge in [0.05, 0.1) is 10.9 Å². The molecular formula is C24H22N2O3. The number of benzene rings is 2. The van der Waals surface area contributed by atoms with Crippen molar-refractivity contribution in [1.29, 1.82) is 0 Å². The molecule has 2 aromatic heterocycles. The van der Waals surface area contributed by atoms with Crippen LogP contribution >= 0.6 is 0 Å². The summed E-state index contributed by atoms with van der Waals surface area (Å²) in [5.41, 5.74) is 6.73. The fourth-order valence-electron chi connectivity index (χ4n) is 3.75. The Bertz CT molecular complexity index is 1180. The molecular weight excluding hydrogens is 364 g/mol. The molecule has 4 rings (SSSR count). The van der Waals surface area contributed by atoms with E-state index in [-0.39, 0.29) is 0 Å². The van der Waals surface area contributed by atoms with Gasteiger partial charge in [-0.2, -0.15) is 0 Å². The molecule has 0 atom stereocenters. The Hall–Kier alpha value is -3.60. The van der Waals surface area contributed by atoms with E-state index in [1.165, 1.54) is 16.7 Å². The van der Waals surface area contributed by atoms with E-state index < -0.39 is 12.6 Å². The monoisotopic (exact) mass is 386 g/mol. The highest BCUT2D eigenvalue weighted by Crippen LogP contribution is 2.33. The normalized spacial score (nSPS) is 11.0. The minimum Gasteiger partial charge on any atom is -0.479 e. The van der Waals surface area contributed by atoms with Gasteiger partial charge < -0.3 is 14.4 Å². The summed E-state index contributed by atoms with van der Waals surface area (Å²) in [6.07, 6.45) is 1.66. The third-order valence-electron chi connectivity index (χ3n) is 5.27. The first kappa shape index (κ1) is 18.7. The molecule has 0 bridgehead atoms. The van der Waals surface area contributed by atoms with Crippen LogP contribution in [0.1, 0.15) is 16.8 Å². The summed E-state index contributed by atoms with van der Waals surface area (Å²) in [6.45, 7) is 4.38. The van der Waals surface area contributed by atoms with E-state index >= 15 is 0 Å². The standard InChI is InChI=1S/C24H22N2O3/c1-16-17(2)26(21-12-13-25-24(23(16)21)29-15-22(27)28)14-19-10-6-7-11-20(19)18-8-4-3-5-9-18/h3-13H,14-15H2,1-2H3,(H,27,28). The first-order valence-electron chi connectivity index (χ1n) is 9.48. The Labute approximate surface area is 169 Å². The third kappa shape index (κ3) is 3.59. The number of hydrogen-bond donors (Lipinski definition) is 1. The van der Waals surface area contributed by atoms with Gasteiger partial charge in [0, 0.05) is 18.4 Å². The van der Waals surface area contributed by atoms with Gasteiger partial charge in [0.15, 0.2) is 6.61 Å². The number of carboxylic acid groups (broad SMARTS) is 1. The molecule has 0 saturated heterocycles. The van der Waals surface area contributed by atoms with E-state index in [4.69, 9.17) is 9.84 Å². The van der Waals surface area contributed by atoms with Crippen LogP contribution in [-0.4, -0.2) is 27.2 Å². The van der Waals surface area contributed by atoms with Gasteiger partial charge in [0.2, 0.25) is 5.88 Å². The maximum Gasteiger partial charge on any atom is 0.341 e. The van der Waals surface area contributed by atoms with Crippen molar-refractivity contribution in [3.8, 4) is 17.0 Å². The van der Waals surface area contributed by atoms with Gasteiger partial charge in [-0.05, 0) is 42.2 Å². The predicted molar refractivity (Wildman–Crippen MR) is 113 cm³/mol. The van der Waals surface area contributed by atoms with Crippen molar-refractivity contribution in [2.75, 3.05) is 6.61 Å². The summed E-state index contributed by atoms with van der Waals surface area (Å²) in [5.74, 6) is -0.657. The Morgan fingerprint density at radius 2 is 1.76 bits per heavy atom. The summed E-state index contributed by atoms with van der Waals surface area (Å²) in [5, 5.41) is 9.82. The second-order valence-electron chi connectivity index (χ2n) is 7.01. The van der Waals surface area contributed by atoms with Gasteiger partial charge in [-0.25, -0.2) is 9.78 Å². The first-order valence-corrected chi connectivity index (χ1v) is 9.48. The van der Waals surface area contributed by atoms with Crippen LogP contribution in [0.4, 0.5) is 0 Å². The number of aromatic nitrogens is 2. The number of fused-ring (bicyclic) bond motifs is 1. The number of ether oxygens (including phenoxy) is 1. The van der Waals surface area contributed by atoms with Gasteiger partial charge in [-0.3, -0.25) is 0 Å². The number of nitrogens with zero attached hydrogens (tertiary/aromatic N) is 2. The molecule has 5 nitrogen and oxygen atoms in total. The zero-order chi connectivity index (χ0) is 20.4. The number of rotatable bonds is 6. The molecule has 0 saturated carbocycles. The number of pyridine rings is 1. The molecule has 2 aromatic carbocycles. The SMILES string of the molecule is Cc1c(C)n(Cc2ccccc2-c2ccccc2)c2ccnc(OCC(=O)O)c12. The summed E-state index contributed by atoms with van der Waals surface area (Å²) < 4.78 is 7.69. The quantitative estimate of drug-likeness (QED) is 0.515. The lowest BCUT2D eigenvalue weighted by Gasteiger charge is -2.14. The lowest BCUT2D eigenvalue weighted by atomic mass is 9.99. The molecule has 0 unspecified atom stereocenters. The van der Waals surface area contributed by atoms with Gasteiger partial charge in [-0.15, -0.1) is 0 Å². The topological polar surface area (TPSA) is 64.4 Å². The van der Waals surface area contributed by atoms with E-state index in [1.807, 2.05) is 31.2 Å². The van der Waals surface area contributed by atoms with E-state index in [9.17, 15) is 4.79 Å². The second kappa shape index (κ2) is 7.80. The van der Waals surface area contributed by atoms with Gasteiger partial charge in [-0.1, -0.05) is 54.6 Å². The van der Waals surface area contributed by atoms with Crippen molar-refractivity contribution in [2.45, 2.75) is 20.4 Å². The molecule has 29 heavy (non-hydrogen) atoms. The molecule has 4 aromatic rings. The first-order chi connectivity index (χ1) is 14.1. The summed E-state index contributed by atoms with van der Waals surface area (Å²) >= 11 is 0. The highest BCUT2D eigenvalue weighted by molar-refractivity contribution is 5.90. The molecule has 0 aliphatic heterocycles. The van der Waals surface area contributed by atoms with E-state index in [0.29, 0.717) is 12.4 Å². The van der Waals surface area contributed by atoms with Crippen LogP contribution < -0.4 is 4.74 Å². The highest BCUT2D eigenvalue weighted by Gasteiger charge is 2.18. The van der Waals surface area contributed by atoms with Crippen LogP contribution in [0.3, 0.4) is 0 Å². The lowest BCUT2D eigenvalue weighted by molar-refractivity contribution is -0.139. The van der Waals surface area contributed by atoms with E-state index in [1.54, 1.807) is 6.20 Å². The largest absolute Gasteiger partial charge is 0.479 e. The van der Waals surface area contributed by atoms with Crippen molar-refractivity contribution < 1.29 is 14.6 Å². The number of aryl methyl sites for hydroxylation is 1. The van der Waals surface area contributed by atoms with E-state index in [2.05, 4.69) is 52.9 Å². The maximum absolute atomic E-state index is 10.9. The molecule has 0 amide bonds. The van der Waals surface area contributed by atoms with Crippen molar-refractivity contribution in [1.82, 2.24) is 9.55 Å². The minimum absolute atomic E-state index is 0.362. The zero-order valence-electron chi connectivity index (χ0n) is 16.4. The average Bonchev–Trinajstić information content (AvgIpc) is 2.98. The third-order valence-corrected chi connectivity index (χ3v) is 5.27. The highest BCUT2D eigenvalue weighted by atomic mass is 16.5. The molecule has 0 spiro atoms. The van der Waals surface area contributed by atoms with Crippen LogP contribution in [0.15, 0.2) is 66.9 Å². The Kier molecular flexibility index (Phi) is 5.04. The van der Waals surface area contributed by atoms with Crippen molar-refractivity contribution in [2.24, 2.45) is 0 Å². The Balaban J connectivity index is 1.80. The fourth-order valence-corrected chi connectivity index (χ4v) is 3.75. The van der Waals surface area contributed by atoms with Gasteiger partial charge >= 0.3 is 5.97 Å². The molecule has 0 fully saturated rings. The summed E-state index contributed by atoms with van der Waals surface area (Å²) in [4.78, 5) is 15.2. The molecule has 146 valence electrons. The Morgan fingerprint density at radius 3 is 2.52 bits per heavy atom. The molecule has 0 aliphatic carbocycles. The van der Waals surface area contributed by atoms with Gasteiger partial charge in [0.25, 0.3) is 0 Å². The lowest BCUT2D eigenvalue weighted by Crippen LogP contribution is -2.10. The van der Waals surface area contributed by atoms with Crippen LogP contribution in [0, 0.1) is 13.8 Å². The molecule has 0 aliphatic rings. The molecule has 0 radical (unpaired) electrons. The maximum atomic E-state index is 10.9. The van der Waals surface area contributed by atoms with Crippen molar-refractivity contribution in [3.63, 3.8) is 0 Å². The van der Waals surface area contributed by atoms with Crippen molar-refractivity contribution >= 4 is 16.9 Å². The fraction of sp³-hybridized carbons (Fsp3) is 0.167. The van der Waals surface area contributed by atoms with Crippen LogP contribution in [0.5, 0.6) is 5.88 Å². The number of aliphatic carboxylic acids is 1. The predicted octanol–water partition coefficient (Wildman–Crippen LogP) is 4.83. The summed E-state index contributed by atoms with van der Waals surface area (Å²) in [6, 6.07) is 20.7. The second-order valence-corrected chi connectivity index (χ2v) is 7.01. The zero-order valence-corrected chi connectivity index (χ0v) is 16.4. The number of carboxylic acids is 1. The summed E-state index contributed by atoms with van der Waals surface area (Å²) in [7, 11) is 0. The minimum atomic E-state index is -1.02. The average molecular weight is 386 g/mol. The van der Waals surface area contributed by atoms with Crippen LogP contribution in [0.2, 0.25) is 0 Å². The van der Waals surface area contributed by atoms with Gasteiger partial charge in [0.1, 0.15) is 0 Å². The number of carbonyl (C=O) groups is 1. The molecule has 1 N–H and O–H groups in total. The smallest absolute Gasteiger partial charge is 0.341 e. The van der Waals surface area contributed by atoms with Crippen molar-refractivity contribution in [3.05, 3.63) is 83.7 Å². The van der Waals surface area contributed by atoms with Crippen LogP contribution in [-0.2, 0) is 11.3 Å². The number of hydrogen-bond acceptors (Lipinski definition) is 3. The van der Waals surface area contributed by atoms with E-state index in [0.717, 1.165) is 22.2 Å². The van der Waals surface area contributed by atoms with Crippen LogP contribution in [0.25, 0.3) is 22.0 Å². The Morgan fingerprint density at radius 1 is 1.03 bits per heavy atom.